The van der Waals surface area contributed by atoms with Gasteiger partial charge in [0.05, 0.1) is 7.11 Å². The first-order valence-electron chi connectivity index (χ1n) is 10.1. The van der Waals surface area contributed by atoms with Gasteiger partial charge in [-0.1, -0.05) is 6.92 Å². The van der Waals surface area contributed by atoms with E-state index in [9.17, 15) is 18.0 Å². The molecule has 12 heteroatoms. The van der Waals surface area contributed by atoms with Gasteiger partial charge in [-0.3, -0.25) is 4.79 Å². The van der Waals surface area contributed by atoms with Crippen LogP contribution in [0.2, 0.25) is 0 Å². The van der Waals surface area contributed by atoms with Crippen molar-refractivity contribution in [3.8, 4) is 17.3 Å². The number of likely N-dealkylation sites (tertiary alicyclic amines) is 1. The molecule has 0 radical (unpaired) electrons. The Morgan fingerprint density at radius 1 is 1.31 bits per heavy atom. The predicted molar refractivity (Wildman–Crippen MR) is 110 cm³/mol. The van der Waals surface area contributed by atoms with Crippen molar-refractivity contribution >= 4 is 22.9 Å². The number of nitrogens with zero attached hydrogens (tertiary/aromatic N) is 6. The highest BCUT2D eigenvalue weighted by atomic mass is 19.4. The van der Waals surface area contributed by atoms with Crippen molar-refractivity contribution in [2.45, 2.75) is 32.0 Å². The van der Waals surface area contributed by atoms with E-state index in [0.29, 0.717) is 36.5 Å². The number of hydrogen-bond acceptors (Lipinski definition) is 7. The maximum Gasteiger partial charge on any atom is 0.421 e. The maximum atomic E-state index is 13.4. The van der Waals surface area contributed by atoms with Crippen molar-refractivity contribution in [1.29, 1.82) is 0 Å². The van der Waals surface area contributed by atoms with Crippen LogP contribution in [0.3, 0.4) is 0 Å². The minimum Gasteiger partial charge on any atom is -0.481 e. The fourth-order valence-corrected chi connectivity index (χ4v) is 3.82. The maximum absolute atomic E-state index is 13.4. The minimum absolute atomic E-state index is 0.00598. The van der Waals surface area contributed by atoms with Gasteiger partial charge in [0.1, 0.15) is 17.7 Å². The first-order chi connectivity index (χ1) is 15.2. The number of fused-ring (bicyclic) bond motifs is 1. The number of carbonyl (C=O) groups is 1. The second-order valence-electron chi connectivity index (χ2n) is 7.49. The Morgan fingerprint density at radius 3 is 2.78 bits per heavy atom. The number of aryl methyl sites for hydroxylation is 1. The highest BCUT2D eigenvalue weighted by Crippen LogP contribution is 2.37. The average molecular weight is 449 g/mol. The van der Waals surface area contributed by atoms with Crippen molar-refractivity contribution in [2.24, 2.45) is 7.05 Å². The zero-order valence-electron chi connectivity index (χ0n) is 17.8. The molecule has 0 aliphatic carbocycles. The number of amides is 1. The van der Waals surface area contributed by atoms with E-state index in [-0.39, 0.29) is 23.3 Å². The molecule has 32 heavy (non-hydrogen) atoms. The van der Waals surface area contributed by atoms with Crippen molar-refractivity contribution in [3.63, 3.8) is 0 Å². The molecule has 4 rings (SSSR count). The number of imidazole rings is 1. The highest BCUT2D eigenvalue weighted by Gasteiger charge is 2.36. The summed E-state index contributed by atoms with van der Waals surface area (Å²) in [6, 6.07) is 0.951. The van der Waals surface area contributed by atoms with E-state index in [1.807, 2.05) is 6.92 Å². The summed E-state index contributed by atoms with van der Waals surface area (Å²) >= 11 is 0. The number of hydrogen-bond donors (Lipinski definition) is 1. The van der Waals surface area contributed by atoms with Crippen molar-refractivity contribution < 1.29 is 22.7 Å². The number of pyridine rings is 1. The summed E-state index contributed by atoms with van der Waals surface area (Å²) in [5.41, 5.74) is 0.0711. The van der Waals surface area contributed by atoms with Crippen LogP contribution in [-0.4, -0.2) is 61.6 Å². The lowest BCUT2D eigenvalue weighted by Gasteiger charge is -2.16. The number of nitrogens with one attached hydrogen (secondary N) is 1. The van der Waals surface area contributed by atoms with Gasteiger partial charge in [-0.2, -0.15) is 13.2 Å². The van der Waals surface area contributed by atoms with E-state index in [4.69, 9.17) is 4.74 Å². The van der Waals surface area contributed by atoms with Crippen LogP contribution in [-0.2, 0) is 18.0 Å². The molecular weight excluding hydrogens is 427 g/mol. The topological polar surface area (TPSA) is 98.1 Å². The summed E-state index contributed by atoms with van der Waals surface area (Å²) in [7, 11) is 2.80. The number of anilines is 1. The molecule has 0 aromatic carbocycles. The fraction of sp³-hybridized carbons (Fsp3) is 0.450. The molecule has 4 heterocycles. The van der Waals surface area contributed by atoms with Crippen LogP contribution in [0.4, 0.5) is 19.0 Å². The van der Waals surface area contributed by atoms with Gasteiger partial charge in [0.25, 0.3) is 0 Å². The number of carbonyl (C=O) groups excluding carboxylic acids is 1. The minimum atomic E-state index is -4.63. The van der Waals surface area contributed by atoms with Gasteiger partial charge in [0.2, 0.25) is 11.8 Å². The molecule has 1 amide bonds. The third-order valence-corrected chi connectivity index (χ3v) is 5.45. The van der Waals surface area contributed by atoms with Crippen molar-refractivity contribution in [3.05, 3.63) is 24.2 Å². The Hall–Kier alpha value is -3.44. The molecule has 0 spiro atoms. The zero-order chi connectivity index (χ0) is 23.0. The number of ether oxygens (including phenoxy) is 1. The third-order valence-electron chi connectivity index (χ3n) is 5.45. The Bertz CT molecular complexity index is 1160. The normalized spacial score (nSPS) is 16.6. The molecule has 170 valence electrons. The largest absolute Gasteiger partial charge is 0.481 e. The Kier molecular flexibility index (Phi) is 5.61. The Balaban J connectivity index is 1.69. The number of halogens is 3. The Labute approximate surface area is 181 Å². The molecule has 3 aromatic heterocycles. The van der Waals surface area contributed by atoms with Crippen LogP contribution in [0.1, 0.15) is 25.3 Å². The van der Waals surface area contributed by atoms with Gasteiger partial charge in [0.15, 0.2) is 17.0 Å². The summed E-state index contributed by atoms with van der Waals surface area (Å²) in [6.45, 7) is 3.03. The SMILES string of the molecule is CCC(=O)N1CCC(Nc2ncnc3c2nc(-c2cnc(OC)c(C(F)(F)F)c2)n3C)C1. The van der Waals surface area contributed by atoms with Crippen LogP contribution in [0.5, 0.6) is 5.88 Å². The molecule has 1 aliphatic rings. The molecule has 0 saturated carbocycles. The summed E-state index contributed by atoms with van der Waals surface area (Å²) < 4.78 is 46.7. The monoisotopic (exact) mass is 449 g/mol. The molecule has 1 atom stereocenters. The molecule has 1 aliphatic heterocycles. The standard InChI is InChI=1S/C20H22F3N7O2/c1-4-14(31)30-6-5-12(9-30)27-16-15-18(26-10-25-16)29(2)17(28-15)11-7-13(20(21,22)23)19(32-3)24-8-11/h7-8,10,12H,4-6,9H2,1-3H3,(H,25,26,27). The molecule has 3 aromatic rings. The Morgan fingerprint density at radius 2 is 2.09 bits per heavy atom. The lowest BCUT2D eigenvalue weighted by atomic mass is 10.2. The van der Waals surface area contributed by atoms with E-state index in [0.717, 1.165) is 19.6 Å². The van der Waals surface area contributed by atoms with Crippen molar-refractivity contribution in [1.82, 2.24) is 29.4 Å². The van der Waals surface area contributed by atoms with Crippen LogP contribution in [0.25, 0.3) is 22.6 Å². The van der Waals surface area contributed by atoms with E-state index >= 15 is 0 Å². The molecule has 1 N–H and O–H groups in total. The quantitative estimate of drug-likeness (QED) is 0.640. The average Bonchev–Trinajstić information content (AvgIpc) is 3.37. The lowest BCUT2D eigenvalue weighted by molar-refractivity contribution is -0.139. The summed E-state index contributed by atoms with van der Waals surface area (Å²) in [5, 5.41) is 3.30. The van der Waals surface area contributed by atoms with Crippen LogP contribution in [0.15, 0.2) is 18.6 Å². The van der Waals surface area contributed by atoms with E-state index in [1.165, 1.54) is 12.5 Å². The second-order valence-corrected chi connectivity index (χ2v) is 7.49. The number of rotatable bonds is 5. The van der Waals surface area contributed by atoms with Gasteiger partial charge >= 0.3 is 6.18 Å². The highest BCUT2D eigenvalue weighted by molar-refractivity contribution is 5.86. The van der Waals surface area contributed by atoms with E-state index in [2.05, 4.69) is 25.3 Å². The number of aromatic nitrogens is 5. The van der Waals surface area contributed by atoms with Gasteiger partial charge in [-0.05, 0) is 12.5 Å². The smallest absolute Gasteiger partial charge is 0.421 e. The van der Waals surface area contributed by atoms with Gasteiger partial charge in [-0.25, -0.2) is 19.9 Å². The zero-order valence-corrected chi connectivity index (χ0v) is 17.8. The molecule has 1 unspecified atom stereocenters. The third kappa shape index (κ3) is 3.92. The van der Waals surface area contributed by atoms with Crippen molar-refractivity contribution in [2.75, 3.05) is 25.5 Å². The van der Waals surface area contributed by atoms with Crippen LogP contribution >= 0.6 is 0 Å². The number of methoxy groups -OCH3 is 1. The first kappa shape index (κ1) is 21.8. The predicted octanol–water partition coefficient (Wildman–Crippen LogP) is 2.88. The van der Waals surface area contributed by atoms with Crippen LogP contribution in [0, 0.1) is 0 Å². The van der Waals surface area contributed by atoms with E-state index in [1.54, 1.807) is 16.5 Å². The van der Waals surface area contributed by atoms with E-state index < -0.39 is 17.6 Å². The molecule has 9 nitrogen and oxygen atoms in total. The van der Waals surface area contributed by atoms with Gasteiger partial charge in [-0.15, -0.1) is 0 Å². The lowest BCUT2D eigenvalue weighted by Crippen LogP contribution is -2.31. The fourth-order valence-electron chi connectivity index (χ4n) is 3.82. The summed E-state index contributed by atoms with van der Waals surface area (Å²) in [5.74, 6) is 0.313. The molecule has 0 bridgehead atoms. The molecule has 1 fully saturated rings. The number of alkyl halides is 3. The molecule has 1 saturated heterocycles. The molecular formula is C20H22F3N7O2. The summed E-state index contributed by atoms with van der Waals surface area (Å²) in [6.07, 6.45) is -0.775. The van der Waals surface area contributed by atoms with Crippen LogP contribution < -0.4 is 10.1 Å². The second kappa shape index (κ2) is 8.24. The van der Waals surface area contributed by atoms with Gasteiger partial charge < -0.3 is 19.5 Å². The van der Waals surface area contributed by atoms with Gasteiger partial charge in [0, 0.05) is 44.4 Å². The summed E-state index contributed by atoms with van der Waals surface area (Å²) in [4.78, 5) is 30.6. The first-order valence-corrected chi connectivity index (χ1v) is 10.1.